The van der Waals surface area contributed by atoms with E-state index in [1.165, 1.54) is 0 Å². The number of carbonyl (C=O) groups is 1. The SMILES string of the molecule is COC[C@H](NC(=O)c1ccccc1C#N)c1ccccn1. The third kappa shape index (κ3) is 3.65. The number of hydrogen-bond acceptors (Lipinski definition) is 4. The van der Waals surface area contributed by atoms with E-state index < -0.39 is 0 Å². The number of hydrogen-bond donors (Lipinski definition) is 1. The van der Waals surface area contributed by atoms with Crippen molar-refractivity contribution in [1.82, 2.24) is 10.3 Å². The van der Waals surface area contributed by atoms with Crippen LogP contribution >= 0.6 is 0 Å². The fourth-order valence-corrected chi connectivity index (χ4v) is 1.96. The van der Waals surface area contributed by atoms with E-state index >= 15 is 0 Å². The normalized spacial score (nSPS) is 11.4. The highest BCUT2D eigenvalue weighted by Gasteiger charge is 2.18. The molecule has 1 aromatic carbocycles. The number of pyridine rings is 1. The van der Waals surface area contributed by atoms with Gasteiger partial charge in [-0.05, 0) is 24.3 Å². The van der Waals surface area contributed by atoms with Crippen LogP contribution in [0.1, 0.15) is 27.7 Å². The minimum Gasteiger partial charge on any atom is -0.382 e. The molecule has 21 heavy (non-hydrogen) atoms. The highest BCUT2D eigenvalue weighted by atomic mass is 16.5. The number of rotatable bonds is 5. The molecule has 0 bridgehead atoms. The average Bonchev–Trinajstić information content (AvgIpc) is 2.55. The molecule has 0 aliphatic heterocycles. The van der Waals surface area contributed by atoms with Crippen molar-refractivity contribution in [3.63, 3.8) is 0 Å². The maximum Gasteiger partial charge on any atom is 0.253 e. The van der Waals surface area contributed by atoms with Crippen LogP contribution in [0.25, 0.3) is 0 Å². The summed E-state index contributed by atoms with van der Waals surface area (Å²) in [6.07, 6.45) is 1.66. The van der Waals surface area contributed by atoms with Crippen molar-refractivity contribution in [3.8, 4) is 6.07 Å². The Kier molecular flexibility index (Phi) is 5.02. The molecule has 1 N–H and O–H groups in total. The molecule has 5 heteroatoms. The van der Waals surface area contributed by atoms with Crippen LogP contribution < -0.4 is 5.32 Å². The lowest BCUT2D eigenvalue weighted by molar-refractivity contribution is 0.0894. The van der Waals surface area contributed by atoms with E-state index in [2.05, 4.69) is 10.3 Å². The zero-order valence-corrected chi connectivity index (χ0v) is 11.6. The first-order valence-electron chi connectivity index (χ1n) is 6.46. The molecular weight excluding hydrogens is 266 g/mol. The molecule has 1 aromatic heterocycles. The first-order chi connectivity index (χ1) is 10.3. The summed E-state index contributed by atoms with van der Waals surface area (Å²) in [7, 11) is 1.56. The molecule has 1 amide bonds. The van der Waals surface area contributed by atoms with Gasteiger partial charge in [0.25, 0.3) is 5.91 Å². The molecule has 0 aliphatic rings. The lowest BCUT2D eigenvalue weighted by atomic mass is 10.1. The Morgan fingerprint density at radius 1 is 1.33 bits per heavy atom. The van der Waals surface area contributed by atoms with Crippen molar-refractivity contribution >= 4 is 5.91 Å². The number of amides is 1. The summed E-state index contributed by atoms with van der Waals surface area (Å²) in [5, 5.41) is 11.9. The van der Waals surface area contributed by atoms with Crippen molar-refractivity contribution in [3.05, 3.63) is 65.5 Å². The van der Waals surface area contributed by atoms with Crippen LogP contribution in [0.4, 0.5) is 0 Å². The Labute approximate surface area is 123 Å². The average molecular weight is 281 g/mol. The number of aromatic nitrogens is 1. The van der Waals surface area contributed by atoms with Gasteiger partial charge in [0.2, 0.25) is 0 Å². The second-order valence-electron chi connectivity index (χ2n) is 4.39. The Hall–Kier alpha value is -2.71. The van der Waals surface area contributed by atoms with E-state index in [1.54, 1.807) is 43.6 Å². The summed E-state index contributed by atoms with van der Waals surface area (Å²) in [6.45, 7) is 0.303. The van der Waals surface area contributed by atoms with Crippen LogP contribution in [-0.2, 0) is 4.74 Å². The van der Waals surface area contributed by atoms with Gasteiger partial charge in [-0.25, -0.2) is 0 Å². The highest BCUT2D eigenvalue weighted by Crippen LogP contribution is 2.13. The Morgan fingerprint density at radius 3 is 2.76 bits per heavy atom. The largest absolute Gasteiger partial charge is 0.382 e. The molecule has 0 saturated heterocycles. The summed E-state index contributed by atoms with van der Waals surface area (Å²) in [5.74, 6) is -0.320. The number of nitriles is 1. The van der Waals surface area contributed by atoms with Crippen LogP contribution in [0, 0.1) is 11.3 Å². The lowest BCUT2D eigenvalue weighted by Crippen LogP contribution is -2.32. The minimum atomic E-state index is -0.365. The third-order valence-corrected chi connectivity index (χ3v) is 2.98. The van der Waals surface area contributed by atoms with Gasteiger partial charge in [0, 0.05) is 13.3 Å². The molecule has 2 rings (SSSR count). The maximum atomic E-state index is 12.3. The van der Waals surface area contributed by atoms with Gasteiger partial charge in [0.05, 0.1) is 35.5 Å². The van der Waals surface area contributed by atoms with E-state index in [-0.39, 0.29) is 11.9 Å². The van der Waals surface area contributed by atoms with E-state index in [0.29, 0.717) is 23.4 Å². The van der Waals surface area contributed by atoms with Gasteiger partial charge in [-0.2, -0.15) is 5.26 Å². The zero-order valence-electron chi connectivity index (χ0n) is 11.6. The zero-order chi connectivity index (χ0) is 15.1. The van der Waals surface area contributed by atoms with Crippen LogP contribution in [-0.4, -0.2) is 24.6 Å². The second-order valence-corrected chi connectivity index (χ2v) is 4.39. The molecule has 1 heterocycles. The van der Waals surface area contributed by atoms with Gasteiger partial charge < -0.3 is 10.1 Å². The molecular formula is C16H15N3O2. The molecule has 0 radical (unpaired) electrons. The lowest BCUT2D eigenvalue weighted by Gasteiger charge is -2.17. The third-order valence-electron chi connectivity index (χ3n) is 2.98. The van der Waals surface area contributed by atoms with Gasteiger partial charge >= 0.3 is 0 Å². The number of nitrogens with one attached hydrogen (secondary N) is 1. The molecule has 0 spiro atoms. The molecule has 0 aliphatic carbocycles. The van der Waals surface area contributed by atoms with Crippen LogP contribution in [0.15, 0.2) is 48.7 Å². The van der Waals surface area contributed by atoms with E-state index in [9.17, 15) is 4.79 Å². The van der Waals surface area contributed by atoms with E-state index in [4.69, 9.17) is 10.00 Å². The predicted molar refractivity (Wildman–Crippen MR) is 77.5 cm³/mol. The van der Waals surface area contributed by atoms with Gasteiger partial charge in [-0.3, -0.25) is 9.78 Å². The van der Waals surface area contributed by atoms with Gasteiger partial charge in [-0.1, -0.05) is 18.2 Å². The van der Waals surface area contributed by atoms with Gasteiger partial charge in [0.1, 0.15) is 0 Å². The Balaban J connectivity index is 2.21. The summed E-state index contributed by atoms with van der Waals surface area (Å²) in [5.41, 5.74) is 1.39. The van der Waals surface area contributed by atoms with Crippen molar-refractivity contribution in [1.29, 1.82) is 5.26 Å². The highest BCUT2D eigenvalue weighted by molar-refractivity contribution is 5.96. The molecule has 2 aromatic rings. The second kappa shape index (κ2) is 7.17. The van der Waals surface area contributed by atoms with Crippen molar-refractivity contribution < 1.29 is 9.53 Å². The summed E-state index contributed by atoms with van der Waals surface area (Å²) >= 11 is 0. The molecule has 1 atom stereocenters. The standard InChI is InChI=1S/C16H15N3O2/c1-21-11-15(14-8-4-5-9-18-14)19-16(20)13-7-3-2-6-12(13)10-17/h2-9,15H,11H2,1H3,(H,19,20)/t15-/m0/s1. The smallest absolute Gasteiger partial charge is 0.253 e. The van der Waals surface area contributed by atoms with E-state index in [0.717, 1.165) is 0 Å². The number of benzene rings is 1. The fraction of sp³-hybridized carbons (Fsp3) is 0.188. The minimum absolute atomic E-state index is 0.303. The fourth-order valence-electron chi connectivity index (χ4n) is 1.96. The Bertz CT molecular complexity index is 650. The first kappa shape index (κ1) is 14.7. The number of nitrogens with zero attached hydrogens (tertiary/aromatic N) is 2. The molecule has 0 saturated carbocycles. The number of ether oxygens (including phenoxy) is 1. The van der Waals surface area contributed by atoms with Gasteiger partial charge in [0.15, 0.2) is 0 Å². The van der Waals surface area contributed by atoms with Crippen molar-refractivity contribution in [2.24, 2.45) is 0 Å². The summed E-state index contributed by atoms with van der Waals surface area (Å²) < 4.78 is 5.13. The van der Waals surface area contributed by atoms with Crippen molar-refractivity contribution in [2.75, 3.05) is 13.7 Å². The molecule has 0 fully saturated rings. The summed E-state index contributed by atoms with van der Waals surface area (Å²) in [6, 6.07) is 13.8. The van der Waals surface area contributed by atoms with Crippen molar-refractivity contribution in [2.45, 2.75) is 6.04 Å². The number of carbonyl (C=O) groups excluding carboxylic acids is 1. The van der Waals surface area contributed by atoms with Crippen LogP contribution in [0.2, 0.25) is 0 Å². The van der Waals surface area contributed by atoms with Crippen LogP contribution in [0.3, 0.4) is 0 Å². The molecule has 5 nitrogen and oxygen atoms in total. The summed E-state index contributed by atoms with van der Waals surface area (Å²) in [4.78, 5) is 16.6. The monoisotopic (exact) mass is 281 g/mol. The topological polar surface area (TPSA) is 75.0 Å². The van der Waals surface area contributed by atoms with Gasteiger partial charge in [-0.15, -0.1) is 0 Å². The van der Waals surface area contributed by atoms with E-state index in [1.807, 2.05) is 18.2 Å². The van der Waals surface area contributed by atoms with Crippen LogP contribution in [0.5, 0.6) is 0 Å². The quantitative estimate of drug-likeness (QED) is 0.910. The molecule has 0 unspecified atom stereocenters. The molecule has 106 valence electrons. The number of methoxy groups -OCH3 is 1. The first-order valence-corrected chi connectivity index (χ1v) is 6.46. The Morgan fingerprint density at radius 2 is 2.10 bits per heavy atom. The maximum absolute atomic E-state index is 12.3. The predicted octanol–water partition coefficient (Wildman–Crippen LogP) is 2.07.